The van der Waals surface area contributed by atoms with E-state index < -0.39 is 11.8 Å². The molecule has 0 fully saturated rings. The molecule has 1 N–H and O–H groups in total. The summed E-state index contributed by atoms with van der Waals surface area (Å²) >= 11 is 0. The summed E-state index contributed by atoms with van der Waals surface area (Å²) in [4.78, 5) is 22.2. The normalized spacial score (nSPS) is 13.2. The number of halogens is 1. The van der Waals surface area contributed by atoms with E-state index in [2.05, 4.69) is 5.32 Å². The molecule has 0 radical (unpaired) electrons. The molecule has 2 aromatic rings. The lowest BCUT2D eigenvalue weighted by molar-refractivity contribution is -0.131. The van der Waals surface area contributed by atoms with Crippen molar-refractivity contribution in [1.29, 1.82) is 0 Å². The van der Waals surface area contributed by atoms with Crippen molar-refractivity contribution in [1.82, 2.24) is 0 Å². The van der Waals surface area contributed by atoms with Crippen LogP contribution in [0.4, 0.5) is 10.1 Å². The van der Waals surface area contributed by atoms with Crippen LogP contribution in [0.3, 0.4) is 0 Å². The molecule has 1 aliphatic rings. The molecule has 0 atom stereocenters. The van der Waals surface area contributed by atoms with Gasteiger partial charge in [-0.25, -0.2) is 4.39 Å². The van der Waals surface area contributed by atoms with Crippen molar-refractivity contribution in [2.45, 2.75) is 6.92 Å². The Hall–Kier alpha value is -3.15. The molecule has 0 spiro atoms. The lowest BCUT2D eigenvalue weighted by Crippen LogP contribution is -2.25. The molecule has 1 aliphatic heterocycles. The SMILES string of the molecule is CC(=O)Oc1ccc(/C=C/c2cc3c(cc2F)OCC(=O)N3)cc1. The van der Waals surface area contributed by atoms with E-state index in [9.17, 15) is 14.0 Å². The van der Waals surface area contributed by atoms with Gasteiger partial charge in [0.1, 0.15) is 17.3 Å². The molecular formula is C18H14FNO4. The lowest BCUT2D eigenvalue weighted by Gasteiger charge is -2.18. The van der Waals surface area contributed by atoms with Crippen LogP contribution in [0.25, 0.3) is 12.2 Å². The lowest BCUT2D eigenvalue weighted by atomic mass is 10.1. The van der Waals surface area contributed by atoms with Crippen LogP contribution < -0.4 is 14.8 Å². The van der Waals surface area contributed by atoms with E-state index in [1.54, 1.807) is 36.4 Å². The first kappa shape index (κ1) is 15.7. The summed E-state index contributed by atoms with van der Waals surface area (Å²) in [6.45, 7) is 1.21. The summed E-state index contributed by atoms with van der Waals surface area (Å²) in [6, 6.07) is 9.56. The second-order valence-corrected chi connectivity index (χ2v) is 5.20. The van der Waals surface area contributed by atoms with E-state index in [4.69, 9.17) is 9.47 Å². The van der Waals surface area contributed by atoms with Crippen molar-refractivity contribution < 1.29 is 23.5 Å². The maximum absolute atomic E-state index is 14.1. The fraction of sp³-hybridized carbons (Fsp3) is 0.111. The van der Waals surface area contributed by atoms with E-state index in [0.29, 0.717) is 22.7 Å². The van der Waals surface area contributed by atoms with E-state index >= 15 is 0 Å². The molecule has 0 aromatic heterocycles. The van der Waals surface area contributed by atoms with Gasteiger partial charge < -0.3 is 14.8 Å². The highest BCUT2D eigenvalue weighted by Gasteiger charge is 2.17. The highest BCUT2D eigenvalue weighted by atomic mass is 19.1. The predicted molar refractivity (Wildman–Crippen MR) is 87.2 cm³/mol. The minimum atomic E-state index is -0.447. The molecule has 24 heavy (non-hydrogen) atoms. The number of fused-ring (bicyclic) bond motifs is 1. The van der Waals surface area contributed by atoms with Gasteiger partial charge in [0.15, 0.2) is 6.61 Å². The van der Waals surface area contributed by atoms with Crippen molar-refractivity contribution in [3.8, 4) is 11.5 Å². The smallest absolute Gasteiger partial charge is 0.308 e. The van der Waals surface area contributed by atoms with Crippen LogP contribution in [-0.2, 0) is 9.59 Å². The molecule has 122 valence electrons. The van der Waals surface area contributed by atoms with Gasteiger partial charge in [0.25, 0.3) is 5.91 Å². The molecule has 6 heteroatoms. The fourth-order valence-electron chi connectivity index (χ4n) is 2.25. The van der Waals surface area contributed by atoms with Crippen LogP contribution in [0.5, 0.6) is 11.5 Å². The number of benzene rings is 2. The largest absolute Gasteiger partial charge is 0.481 e. The van der Waals surface area contributed by atoms with Gasteiger partial charge in [-0.1, -0.05) is 24.3 Å². The number of carbonyl (C=O) groups excluding carboxylic acids is 2. The van der Waals surface area contributed by atoms with E-state index in [-0.39, 0.29) is 12.5 Å². The van der Waals surface area contributed by atoms with E-state index in [0.717, 1.165) is 5.56 Å². The summed E-state index contributed by atoms with van der Waals surface area (Å²) in [5.74, 6) is -0.351. The Morgan fingerprint density at radius 3 is 2.71 bits per heavy atom. The van der Waals surface area contributed by atoms with Gasteiger partial charge in [-0.05, 0) is 23.8 Å². The maximum atomic E-state index is 14.1. The van der Waals surface area contributed by atoms with Gasteiger partial charge >= 0.3 is 5.97 Å². The van der Waals surface area contributed by atoms with Crippen molar-refractivity contribution in [3.63, 3.8) is 0 Å². The topological polar surface area (TPSA) is 64.6 Å². The Morgan fingerprint density at radius 1 is 1.25 bits per heavy atom. The third kappa shape index (κ3) is 3.60. The van der Waals surface area contributed by atoms with Gasteiger partial charge in [0.2, 0.25) is 0 Å². The molecule has 0 unspecified atom stereocenters. The second kappa shape index (κ2) is 6.54. The molecule has 0 bridgehead atoms. The van der Waals surface area contributed by atoms with Crippen molar-refractivity contribution in [3.05, 3.63) is 53.3 Å². The van der Waals surface area contributed by atoms with Gasteiger partial charge in [-0.2, -0.15) is 0 Å². The number of rotatable bonds is 3. The van der Waals surface area contributed by atoms with Gasteiger partial charge in [0.05, 0.1) is 5.69 Å². The van der Waals surface area contributed by atoms with Crippen molar-refractivity contribution in [2.75, 3.05) is 11.9 Å². The summed E-state index contributed by atoms with van der Waals surface area (Å²) in [5, 5.41) is 2.64. The first-order chi connectivity index (χ1) is 11.5. The minimum Gasteiger partial charge on any atom is -0.481 e. The molecule has 5 nitrogen and oxygen atoms in total. The zero-order valence-electron chi connectivity index (χ0n) is 12.8. The zero-order chi connectivity index (χ0) is 17.1. The van der Waals surface area contributed by atoms with E-state index in [1.165, 1.54) is 19.1 Å². The Morgan fingerprint density at radius 2 is 2.00 bits per heavy atom. The van der Waals surface area contributed by atoms with Gasteiger partial charge in [0, 0.05) is 18.6 Å². The van der Waals surface area contributed by atoms with Crippen LogP contribution in [0.15, 0.2) is 36.4 Å². The first-order valence-corrected chi connectivity index (χ1v) is 7.24. The number of carbonyl (C=O) groups is 2. The molecule has 0 aliphatic carbocycles. The number of amides is 1. The van der Waals surface area contributed by atoms with Crippen molar-refractivity contribution >= 4 is 29.7 Å². The third-order valence-corrected chi connectivity index (χ3v) is 3.33. The number of hydrogen-bond donors (Lipinski definition) is 1. The molecular weight excluding hydrogens is 313 g/mol. The zero-order valence-corrected chi connectivity index (χ0v) is 12.8. The number of nitrogens with one attached hydrogen (secondary N) is 1. The highest BCUT2D eigenvalue weighted by Crippen LogP contribution is 2.31. The summed E-state index contributed by atoms with van der Waals surface area (Å²) < 4.78 is 24.2. The maximum Gasteiger partial charge on any atom is 0.308 e. The molecule has 1 amide bonds. The number of ether oxygens (including phenoxy) is 2. The average molecular weight is 327 g/mol. The van der Waals surface area contributed by atoms with Gasteiger partial charge in [-0.15, -0.1) is 0 Å². The Bertz CT molecular complexity index is 828. The predicted octanol–water partition coefficient (Wildman–Crippen LogP) is 3.25. The standard InChI is InChI=1S/C18H14FNO4/c1-11(21)24-14-6-3-12(4-7-14)2-5-13-8-16-17(9-15(13)19)23-10-18(22)20-16/h2-9H,10H2,1H3,(H,20,22)/b5-2+. The summed E-state index contributed by atoms with van der Waals surface area (Å²) in [6.07, 6.45) is 3.31. The quantitative estimate of drug-likeness (QED) is 0.534. The van der Waals surface area contributed by atoms with Gasteiger partial charge in [-0.3, -0.25) is 9.59 Å². The number of anilines is 1. The Balaban J connectivity index is 1.80. The van der Waals surface area contributed by atoms with Crippen LogP contribution in [0.2, 0.25) is 0 Å². The van der Waals surface area contributed by atoms with Crippen LogP contribution in [0, 0.1) is 5.82 Å². The summed E-state index contributed by atoms with van der Waals surface area (Å²) in [7, 11) is 0. The molecule has 2 aromatic carbocycles. The molecule has 0 saturated heterocycles. The molecule has 3 rings (SSSR count). The van der Waals surface area contributed by atoms with Crippen LogP contribution >= 0.6 is 0 Å². The second-order valence-electron chi connectivity index (χ2n) is 5.20. The fourth-order valence-corrected chi connectivity index (χ4v) is 2.25. The average Bonchev–Trinajstić information content (AvgIpc) is 2.54. The molecule has 0 saturated carbocycles. The van der Waals surface area contributed by atoms with E-state index in [1.807, 2.05) is 0 Å². The Labute approximate surface area is 137 Å². The first-order valence-electron chi connectivity index (χ1n) is 7.24. The summed E-state index contributed by atoms with van der Waals surface area (Å²) in [5.41, 5.74) is 1.57. The minimum absolute atomic E-state index is 0.115. The Kier molecular flexibility index (Phi) is 4.29. The molecule has 1 heterocycles. The van der Waals surface area contributed by atoms with Crippen LogP contribution in [0.1, 0.15) is 18.1 Å². The number of esters is 1. The highest BCUT2D eigenvalue weighted by molar-refractivity contribution is 5.96. The number of hydrogen-bond acceptors (Lipinski definition) is 4. The van der Waals surface area contributed by atoms with Crippen molar-refractivity contribution in [2.24, 2.45) is 0 Å². The van der Waals surface area contributed by atoms with Crippen LogP contribution in [-0.4, -0.2) is 18.5 Å². The monoisotopic (exact) mass is 327 g/mol. The third-order valence-electron chi connectivity index (χ3n) is 3.33.